The van der Waals surface area contributed by atoms with E-state index < -0.39 is 17.9 Å². The van der Waals surface area contributed by atoms with Crippen molar-refractivity contribution in [2.45, 2.75) is 198 Å². The van der Waals surface area contributed by atoms with Gasteiger partial charge in [-0.05, 0) is 309 Å². The quantitative estimate of drug-likeness (QED) is 0.00736. The van der Waals surface area contributed by atoms with Gasteiger partial charge >= 0.3 is 17.9 Å². The van der Waals surface area contributed by atoms with Gasteiger partial charge in [-0.1, -0.05) is 309 Å². The Hall–Kier alpha value is -14.5. The van der Waals surface area contributed by atoms with E-state index in [1.54, 1.807) is 54.6 Å². The molecule has 2 saturated carbocycles. The first-order valence-corrected chi connectivity index (χ1v) is 51.7. The van der Waals surface area contributed by atoms with Crippen LogP contribution in [-0.4, -0.2) is 97.8 Å². The minimum absolute atomic E-state index is 0.0171. The number of ether oxygens (including phenoxy) is 3. The minimum Gasteiger partial charge on any atom is -0.462 e. The molecule has 0 aliphatic heterocycles. The molecule has 0 bridgehead atoms. The van der Waals surface area contributed by atoms with Gasteiger partial charge in [0.1, 0.15) is 19.3 Å². The van der Waals surface area contributed by atoms with Gasteiger partial charge in [-0.3, -0.25) is 24.0 Å². The van der Waals surface area contributed by atoms with Gasteiger partial charge < -0.3 is 39.8 Å². The van der Waals surface area contributed by atoms with Crippen molar-refractivity contribution in [2.75, 3.05) is 53.6 Å². The van der Waals surface area contributed by atoms with E-state index in [9.17, 15) is 33.9 Å². The van der Waals surface area contributed by atoms with Gasteiger partial charge in [0, 0.05) is 103 Å². The van der Waals surface area contributed by atoms with Crippen LogP contribution in [0.25, 0.3) is 32.3 Å². The molecular formula is C131H142Cl2N4O10. The average molecular weight is 2000 g/mol. The molecule has 0 spiro atoms. The van der Waals surface area contributed by atoms with Crippen LogP contribution >= 0.6 is 23.2 Å². The molecule has 760 valence electrons. The zero-order chi connectivity index (χ0) is 106. The molecule has 2 fully saturated rings. The standard InChI is InChI=1S/C33H38N2O.C33H34O.C26H31NO6.C16H19NO.C13H12Cl2O.C10H8/c1-10-29(34(8)32-24(4)18-22(2)19-25(32)5)12-11-13-31(36)28-14-16-30(17-15-28)35(9)33-26(6)20-23(3)21-27(33)7;1-21-15-23(3)31(24(4)16-21)19-27-7-11-29(12-8-27)33(34)30-13-9-28(10-14-30)20-32-25(5)17-22(2)18-26(32)6;1-18(2)26(30)32-17-16-31-24(28)14-15-25(29)33-23-13-6-5-11-22(23)27-21-12-7-9-19-8-3-4-10-20(19)21;18-16-11-4-3-9-15(16)17-14-10-5-7-12-6-1-2-8-13(12)14;1-2-10(4-3-9-14)13(16)11-5-7-12(15)8-6-11;1-2-6-10-8-4-3-7-9(10)5-1/h10-21H,1H2,2-9H3;7-18H,19-20H2,1-6H3;3-4,7-10,12,22-23,27H,1,5-6,11,13-17H2,2H3;1-2,5-8,10,15-18H,3-4,9,11H2;2-8H,9H2,1H3;1-8H/b13-11+,29-12+;;;;4-3-,10-2+;. The number of nitrogens with zero attached hydrogens (tertiary/aromatic N) is 2. The summed E-state index contributed by atoms with van der Waals surface area (Å²) >= 11 is 11.3. The van der Waals surface area contributed by atoms with Gasteiger partial charge in [0.2, 0.25) is 0 Å². The number of halogens is 2. The highest BCUT2D eigenvalue weighted by Crippen LogP contribution is 2.36. The molecule has 16 rings (SSSR count). The van der Waals surface area contributed by atoms with Crippen molar-refractivity contribution >= 4 is 119 Å². The highest BCUT2D eigenvalue weighted by molar-refractivity contribution is 6.30. The minimum atomic E-state index is -0.535. The first-order valence-electron chi connectivity index (χ1n) is 50.8. The van der Waals surface area contributed by atoms with Crippen molar-refractivity contribution in [1.82, 2.24) is 0 Å². The summed E-state index contributed by atoms with van der Waals surface area (Å²) in [6.45, 7) is 36.4. The number of esters is 3. The normalized spacial score (nSPS) is 14.3. The van der Waals surface area contributed by atoms with Gasteiger partial charge in [0.25, 0.3) is 0 Å². The fourth-order valence-electron chi connectivity index (χ4n) is 19.3. The van der Waals surface area contributed by atoms with Crippen LogP contribution in [0.15, 0.2) is 352 Å². The van der Waals surface area contributed by atoms with E-state index in [0.29, 0.717) is 27.6 Å². The maximum absolute atomic E-state index is 13.1. The summed E-state index contributed by atoms with van der Waals surface area (Å²) in [6.07, 6.45) is 21.7. The molecule has 14 nitrogen and oxygen atoms in total. The third kappa shape index (κ3) is 33.2. The van der Waals surface area contributed by atoms with Gasteiger partial charge in [-0.25, -0.2) is 4.79 Å². The molecule has 0 saturated heterocycles. The second-order valence-corrected chi connectivity index (χ2v) is 39.1. The number of likely N-dealkylation sites (N-methyl/N-ethyl adjacent to an activating group) is 1. The lowest BCUT2D eigenvalue weighted by molar-refractivity contribution is -0.156. The molecule has 2 aliphatic carbocycles. The number of nitrogens with one attached hydrogen (secondary N) is 2. The third-order valence-corrected chi connectivity index (χ3v) is 27.1. The van der Waals surface area contributed by atoms with Crippen LogP contribution in [0.2, 0.25) is 5.02 Å². The number of carbonyl (C=O) groups excluding carboxylic acids is 6. The van der Waals surface area contributed by atoms with E-state index in [2.05, 4.69) is 306 Å². The Morgan fingerprint density at radius 2 is 0.864 bits per heavy atom. The Labute approximate surface area is 881 Å². The maximum atomic E-state index is 13.1. The van der Waals surface area contributed by atoms with Crippen molar-refractivity contribution < 1.29 is 48.1 Å². The van der Waals surface area contributed by atoms with Crippen LogP contribution in [0.5, 0.6) is 0 Å². The zero-order valence-corrected chi connectivity index (χ0v) is 89.7. The summed E-state index contributed by atoms with van der Waals surface area (Å²) in [6, 6.07) is 94.4. The first-order chi connectivity index (χ1) is 70.7. The molecular weight excluding hydrogens is 1860 g/mol. The molecule has 4 unspecified atom stereocenters. The summed E-state index contributed by atoms with van der Waals surface area (Å²) in [7, 11) is 4.09. The third-order valence-electron chi connectivity index (χ3n) is 26.6. The Balaban J connectivity index is 0.000000175. The second-order valence-electron chi connectivity index (χ2n) is 38.3. The number of aliphatic hydroxyl groups is 1. The van der Waals surface area contributed by atoms with Crippen LogP contribution < -0.4 is 20.4 Å². The van der Waals surface area contributed by atoms with Gasteiger partial charge in [0.15, 0.2) is 17.3 Å². The van der Waals surface area contributed by atoms with Crippen LogP contribution in [0, 0.1) is 83.1 Å². The number of Topliss-reactive ketones (excluding diaryl/α,β-unsaturated/α-hetero) is 1. The van der Waals surface area contributed by atoms with E-state index in [1.165, 1.54) is 130 Å². The number of carbonyl (C=O) groups is 6. The lowest BCUT2D eigenvalue weighted by Crippen LogP contribution is -2.39. The summed E-state index contributed by atoms with van der Waals surface area (Å²) in [5.41, 5.74) is 30.7. The van der Waals surface area contributed by atoms with Crippen LogP contribution in [0.4, 0.5) is 28.4 Å². The van der Waals surface area contributed by atoms with E-state index in [0.717, 1.165) is 108 Å². The zero-order valence-electron chi connectivity index (χ0n) is 88.2. The summed E-state index contributed by atoms with van der Waals surface area (Å²) in [5, 5.41) is 25.1. The smallest absolute Gasteiger partial charge is 0.333 e. The largest absolute Gasteiger partial charge is 0.462 e. The van der Waals surface area contributed by atoms with Crippen LogP contribution in [0.1, 0.15) is 204 Å². The molecule has 4 atom stereocenters. The molecule has 14 aromatic carbocycles. The monoisotopic (exact) mass is 2000 g/mol. The van der Waals surface area contributed by atoms with Gasteiger partial charge in [-0.15, -0.1) is 11.6 Å². The summed E-state index contributed by atoms with van der Waals surface area (Å²) in [4.78, 5) is 77.7. The fourth-order valence-corrected chi connectivity index (χ4v) is 19.6. The summed E-state index contributed by atoms with van der Waals surface area (Å²) in [5.74, 6) is -1.08. The Morgan fingerprint density at radius 1 is 0.456 bits per heavy atom. The molecule has 0 heterocycles. The fraction of sp³-hybridized carbons (Fsp3) is 0.267. The predicted molar refractivity (Wildman–Crippen MR) is 614 cm³/mol. The topological polar surface area (TPSA) is 181 Å². The molecule has 0 amide bonds. The predicted octanol–water partition coefficient (Wildman–Crippen LogP) is 31.4. The summed E-state index contributed by atoms with van der Waals surface area (Å²) < 4.78 is 15.6. The lowest BCUT2D eigenvalue weighted by Gasteiger charge is -2.32. The van der Waals surface area contributed by atoms with Crippen LogP contribution in [0.3, 0.4) is 0 Å². The Bertz CT molecular complexity index is 6780. The number of allylic oxidation sites excluding steroid dienone is 8. The van der Waals surface area contributed by atoms with E-state index in [4.69, 9.17) is 37.4 Å². The molecule has 14 aromatic rings. The van der Waals surface area contributed by atoms with E-state index in [-0.39, 0.29) is 73.3 Å². The number of alkyl halides is 1. The van der Waals surface area contributed by atoms with E-state index in [1.807, 2.05) is 98.9 Å². The number of rotatable bonds is 30. The molecule has 2 aliphatic rings. The van der Waals surface area contributed by atoms with Crippen molar-refractivity contribution in [2.24, 2.45) is 0 Å². The number of ketones is 3. The number of hydrogen-bond acceptors (Lipinski definition) is 14. The van der Waals surface area contributed by atoms with Crippen molar-refractivity contribution in [3.63, 3.8) is 0 Å². The van der Waals surface area contributed by atoms with E-state index >= 15 is 0 Å². The SMILES string of the molecule is C/C=C(\C=C/CCl)C(=O)c1ccc(Cl)cc1.C=C(C)C(=O)OCCOC(=O)CCC(=O)OC1CCCCC1Nc1cccc2ccccc12.C=C/C(=C\C=C\C(=O)c1ccc(N(C)c2c(C)cc(C)cc2C)cc1)N(C)c1c(C)cc(C)cc1C.Cc1cc(C)c(Cc2ccc(C(=O)c3ccc(Cc4c(C)cc(C)cc4C)cc3)cc2)c(C)c1.OC1CCCCC1Nc1cccc2ccccc12.c1ccc2ccccc2c1. The van der Waals surface area contributed by atoms with Crippen LogP contribution in [-0.2, 0) is 41.4 Å². The number of fused-ring (bicyclic) bond motifs is 3. The number of benzene rings is 14. The number of hydrogen-bond donors (Lipinski definition) is 3. The highest BCUT2D eigenvalue weighted by atomic mass is 35.5. The average Bonchev–Trinajstić information content (AvgIpc) is 0.806. The first kappa shape index (κ1) is 113. The lowest BCUT2D eigenvalue weighted by atomic mass is 9.91. The molecule has 0 aromatic heterocycles. The molecule has 3 N–H and O–H groups in total. The van der Waals surface area contributed by atoms with Gasteiger partial charge in [-0.2, -0.15) is 0 Å². The molecule has 16 heteroatoms. The van der Waals surface area contributed by atoms with Gasteiger partial charge in [0.05, 0.1) is 31.0 Å². The van der Waals surface area contributed by atoms with Crippen molar-refractivity contribution in [3.8, 4) is 0 Å². The molecule has 0 radical (unpaired) electrons. The number of anilines is 5. The molecule has 147 heavy (non-hydrogen) atoms. The maximum Gasteiger partial charge on any atom is 0.333 e. The van der Waals surface area contributed by atoms with Crippen molar-refractivity contribution in [3.05, 3.63) is 468 Å². The number of aryl methyl sites for hydroxylation is 12. The highest BCUT2D eigenvalue weighted by Gasteiger charge is 2.30. The second kappa shape index (κ2) is 56.2. The van der Waals surface area contributed by atoms with Crippen molar-refractivity contribution in [1.29, 1.82) is 0 Å². The Morgan fingerprint density at radius 3 is 1.33 bits per heavy atom. The Kier molecular flexibility index (Phi) is 43.2. The number of aliphatic hydroxyl groups excluding tert-OH is 1.